The van der Waals surface area contributed by atoms with Crippen LogP contribution >= 0.6 is 11.3 Å². The van der Waals surface area contributed by atoms with Gasteiger partial charge in [-0.05, 0) is 38.5 Å². The zero-order valence-electron chi connectivity index (χ0n) is 16.6. The minimum Gasteiger partial charge on any atom is -0.459 e. The van der Waals surface area contributed by atoms with Crippen LogP contribution in [0.2, 0.25) is 0 Å². The SMILES string of the molecule is Cc1sc2ncnc(N[C@H](C)C(=O)N3CCN(C(=O)c4ccco4)CC3)c2c1C. The number of anilines is 1. The van der Waals surface area contributed by atoms with Crippen molar-refractivity contribution >= 4 is 39.2 Å². The second kappa shape index (κ2) is 7.82. The molecule has 1 fully saturated rings. The van der Waals surface area contributed by atoms with Crippen LogP contribution in [0.5, 0.6) is 0 Å². The van der Waals surface area contributed by atoms with Crippen LogP contribution in [0.15, 0.2) is 29.1 Å². The molecule has 2 amide bonds. The van der Waals surface area contributed by atoms with Gasteiger partial charge in [-0.15, -0.1) is 11.3 Å². The molecule has 4 heterocycles. The van der Waals surface area contributed by atoms with Crippen molar-refractivity contribution in [1.29, 1.82) is 0 Å². The van der Waals surface area contributed by atoms with Gasteiger partial charge in [-0.2, -0.15) is 0 Å². The third-order valence-corrected chi connectivity index (χ3v) is 6.41. The highest BCUT2D eigenvalue weighted by Gasteiger charge is 2.28. The molecular formula is C20H23N5O3S. The summed E-state index contributed by atoms with van der Waals surface area (Å²) >= 11 is 1.63. The van der Waals surface area contributed by atoms with E-state index in [-0.39, 0.29) is 11.8 Å². The maximum absolute atomic E-state index is 12.9. The molecule has 9 heteroatoms. The first-order valence-electron chi connectivity index (χ1n) is 9.54. The van der Waals surface area contributed by atoms with Crippen molar-refractivity contribution in [3.8, 4) is 0 Å². The fourth-order valence-corrected chi connectivity index (χ4v) is 4.52. The second-order valence-corrected chi connectivity index (χ2v) is 8.35. The lowest BCUT2D eigenvalue weighted by atomic mass is 10.2. The van der Waals surface area contributed by atoms with Crippen molar-refractivity contribution in [3.05, 3.63) is 40.9 Å². The largest absolute Gasteiger partial charge is 0.459 e. The van der Waals surface area contributed by atoms with Gasteiger partial charge in [-0.1, -0.05) is 0 Å². The number of amides is 2. The van der Waals surface area contributed by atoms with Gasteiger partial charge in [0.1, 0.15) is 23.0 Å². The van der Waals surface area contributed by atoms with Crippen molar-refractivity contribution in [1.82, 2.24) is 19.8 Å². The molecule has 1 N–H and O–H groups in total. The molecule has 152 valence electrons. The van der Waals surface area contributed by atoms with Gasteiger partial charge in [-0.3, -0.25) is 9.59 Å². The van der Waals surface area contributed by atoms with Gasteiger partial charge >= 0.3 is 0 Å². The Kier molecular flexibility index (Phi) is 5.23. The van der Waals surface area contributed by atoms with E-state index in [9.17, 15) is 9.59 Å². The topological polar surface area (TPSA) is 91.6 Å². The Morgan fingerprint density at radius 3 is 2.59 bits per heavy atom. The Hall–Kier alpha value is -2.94. The first-order chi connectivity index (χ1) is 14.0. The molecule has 4 rings (SSSR count). The van der Waals surface area contributed by atoms with Gasteiger partial charge in [-0.25, -0.2) is 9.97 Å². The number of nitrogens with zero attached hydrogens (tertiary/aromatic N) is 4. The van der Waals surface area contributed by atoms with Gasteiger partial charge in [0.2, 0.25) is 5.91 Å². The highest BCUT2D eigenvalue weighted by atomic mass is 32.1. The van der Waals surface area contributed by atoms with E-state index >= 15 is 0 Å². The Morgan fingerprint density at radius 2 is 1.90 bits per heavy atom. The predicted molar refractivity (Wildman–Crippen MR) is 111 cm³/mol. The number of aromatic nitrogens is 2. The third-order valence-electron chi connectivity index (χ3n) is 5.30. The van der Waals surface area contributed by atoms with Crippen LogP contribution in [0.25, 0.3) is 10.2 Å². The number of fused-ring (bicyclic) bond motifs is 1. The summed E-state index contributed by atoms with van der Waals surface area (Å²) in [4.78, 5) is 39.6. The van der Waals surface area contributed by atoms with Crippen LogP contribution in [-0.2, 0) is 4.79 Å². The lowest BCUT2D eigenvalue weighted by molar-refractivity contribution is -0.133. The molecular weight excluding hydrogens is 390 g/mol. The summed E-state index contributed by atoms with van der Waals surface area (Å²) in [5, 5.41) is 4.24. The number of carbonyl (C=O) groups is 2. The number of furan rings is 1. The van der Waals surface area contributed by atoms with E-state index in [1.54, 1.807) is 33.3 Å². The number of thiophene rings is 1. The zero-order valence-corrected chi connectivity index (χ0v) is 17.5. The highest BCUT2D eigenvalue weighted by Crippen LogP contribution is 2.32. The Morgan fingerprint density at radius 1 is 1.17 bits per heavy atom. The van der Waals surface area contributed by atoms with E-state index in [0.717, 1.165) is 15.8 Å². The Labute approximate surface area is 172 Å². The lowest BCUT2D eigenvalue weighted by Gasteiger charge is -2.35. The molecule has 1 atom stereocenters. The van der Waals surface area contributed by atoms with Crippen molar-refractivity contribution < 1.29 is 14.0 Å². The van der Waals surface area contributed by atoms with Gasteiger partial charge in [0.15, 0.2) is 5.76 Å². The summed E-state index contributed by atoms with van der Waals surface area (Å²) in [6.07, 6.45) is 3.01. The zero-order chi connectivity index (χ0) is 20.5. The molecule has 0 radical (unpaired) electrons. The number of aryl methyl sites for hydroxylation is 2. The van der Waals surface area contributed by atoms with E-state index in [0.29, 0.717) is 37.8 Å². The number of rotatable bonds is 4. The fourth-order valence-electron chi connectivity index (χ4n) is 3.52. The van der Waals surface area contributed by atoms with Crippen LogP contribution in [0.4, 0.5) is 5.82 Å². The fraction of sp³-hybridized carbons (Fsp3) is 0.400. The minimum atomic E-state index is -0.431. The molecule has 0 saturated carbocycles. The maximum atomic E-state index is 12.9. The summed E-state index contributed by atoms with van der Waals surface area (Å²) in [6.45, 7) is 7.90. The van der Waals surface area contributed by atoms with Crippen LogP contribution in [0.1, 0.15) is 27.9 Å². The summed E-state index contributed by atoms with van der Waals surface area (Å²) in [7, 11) is 0. The first kappa shape index (κ1) is 19.4. The average molecular weight is 414 g/mol. The number of carbonyl (C=O) groups excluding carboxylic acids is 2. The van der Waals surface area contributed by atoms with Crippen molar-refractivity contribution in [2.24, 2.45) is 0 Å². The van der Waals surface area contributed by atoms with Gasteiger partial charge in [0.25, 0.3) is 5.91 Å². The quantitative estimate of drug-likeness (QED) is 0.707. The molecule has 1 aliphatic heterocycles. The highest BCUT2D eigenvalue weighted by molar-refractivity contribution is 7.18. The van der Waals surface area contributed by atoms with Gasteiger partial charge in [0.05, 0.1) is 11.6 Å². The van der Waals surface area contributed by atoms with Crippen LogP contribution in [0, 0.1) is 13.8 Å². The summed E-state index contributed by atoms with van der Waals surface area (Å²) in [5.74, 6) is 0.866. The minimum absolute atomic E-state index is 0.00790. The standard InChI is InChI=1S/C20H23N5O3S/c1-12-14(3)29-18-16(12)17(21-11-22-18)23-13(2)19(26)24-6-8-25(9-7-24)20(27)15-5-4-10-28-15/h4-5,10-11,13H,6-9H2,1-3H3,(H,21,22,23)/t13-/m1/s1. The van der Waals surface area contributed by atoms with E-state index in [1.165, 1.54) is 17.5 Å². The number of hydrogen-bond acceptors (Lipinski definition) is 7. The van der Waals surface area contributed by atoms with Crippen molar-refractivity contribution in [3.63, 3.8) is 0 Å². The molecule has 0 aliphatic carbocycles. The van der Waals surface area contributed by atoms with Gasteiger partial charge in [0, 0.05) is 31.1 Å². The second-order valence-electron chi connectivity index (χ2n) is 7.15. The smallest absolute Gasteiger partial charge is 0.289 e. The third kappa shape index (κ3) is 3.69. The van der Waals surface area contributed by atoms with Crippen LogP contribution < -0.4 is 5.32 Å². The summed E-state index contributed by atoms with van der Waals surface area (Å²) in [6, 6.07) is 2.92. The molecule has 0 bridgehead atoms. The molecule has 3 aromatic heterocycles. The van der Waals surface area contributed by atoms with Crippen molar-refractivity contribution in [2.45, 2.75) is 26.8 Å². The Balaban J connectivity index is 1.40. The number of piperazine rings is 1. The molecule has 1 aliphatic rings. The Bertz CT molecular complexity index is 1040. The first-order valence-corrected chi connectivity index (χ1v) is 10.4. The van der Waals surface area contributed by atoms with Crippen LogP contribution in [0.3, 0.4) is 0 Å². The van der Waals surface area contributed by atoms with Gasteiger partial charge < -0.3 is 19.5 Å². The molecule has 0 unspecified atom stereocenters. The molecule has 29 heavy (non-hydrogen) atoms. The van der Waals surface area contributed by atoms with E-state index < -0.39 is 6.04 Å². The van der Waals surface area contributed by atoms with Crippen molar-refractivity contribution in [2.75, 3.05) is 31.5 Å². The molecule has 0 spiro atoms. The molecule has 1 saturated heterocycles. The van der Waals surface area contributed by atoms with E-state index in [4.69, 9.17) is 4.42 Å². The monoisotopic (exact) mass is 413 g/mol. The number of hydrogen-bond donors (Lipinski definition) is 1. The maximum Gasteiger partial charge on any atom is 0.289 e. The predicted octanol–water partition coefficient (Wildman–Crippen LogP) is 2.69. The van der Waals surface area contributed by atoms with E-state index in [2.05, 4.69) is 22.2 Å². The molecule has 0 aromatic carbocycles. The lowest BCUT2D eigenvalue weighted by Crippen LogP contribution is -2.53. The van der Waals surface area contributed by atoms with E-state index in [1.807, 2.05) is 13.8 Å². The summed E-state index contributed by atoms with van der Waals surface area (Å²) in [5.41, 5.74) is 1.14. The average Bonchev–Trinajstić information content (AvgIpc) is 3.36. The number of nitrogens with one attached hydrogen (secondary N) is 1. The normalized spacial score (nSPS) is 15.6. The summed E-state index contributed by atoms with van der Waals surface area (Å²) < 4.78 is 5.18. The van der Waals surface area contributed by atoms with Crippen LogP contribution in [-0.4, -0.2) is 63.8 Å². The molecule has 8 nitrogen and oxygen atoms in total. The molecule has 3 aromatic rings.